The molecule has 4 aliphatic rings. The van der Waals surface area contributed by atoms with E-state index in [9.17, 15) is 40.1 Å². The van der Waals surface area contributed by atoms with E-state index in [-0.39, 0.29) is 47.5 Å². The van der Waals surface area contributed by atoms with Crippen molar-refractivity contribution in [2.45, 2.75) is 75.4 Å². The number of Topliss-reactive ketones (excluding diaryl/α,β-unsaturated/α-hetero) is 1. The maximum Gasteiger partial charge on any atom is 0.202 e. The van der Waals surface area contributed by atoms with Crippen LogP contribution in [0.1, 0.15) is 75.8 Å². The van der Waals surface area contributed by atoms with Gasteiger partial charge in [-0.1, -0.05) is 12.1 Å². The normalized spacial score (nSPS) is 31.4. The number of phenols is 2. The van der Waals surface area contributed by atoms with E-state index in [4.69, 9.17) is 18.9 Å². The minimum atomic E-state index is -2.05. The van der Waals surface area contributed by atoms with E-state index in [0.29, 0.717) is 13.2 Å². The van der Waals surface area contributed by atoms with Gasteiger partial charge in [-0.15, -0.1) is 0 Å². The fourth-order valence-corrected chi connectivity index (χ4v) is 7.06. The molecule has 0 unspecified atom stereocenters. The number of morpholine rings is 1. The summed E-state index contributed by atoms with van der Waals surface area (Å²) in [5.41, 5.74) is -3.19. The van der Waals surface area contributed by atoms with Gasteiger partial charge in [0.1, 0.15) is 28.9 Å². The predicted molar refractivity (Wildman–Crippen MR) is 153 cm³/mol. The Balaban J connectivity index is 1.44. The largest absolute Gasteiger partial charge is 0.507 e. The summed E-state index contributed by atoms with van der Waals surface area (Å²) in [5, 5.41) is 55.4. The number of ketones is 3. The molecule has 2 fully saturated rings. The fraction of sp³-hybridized carbons (Fsp3) is 0.500. The number of nitrogens with zero attached hydrogens (tertiary/aromatic N) is 2. The van der Waals surface area contributed by atoms with Crippen LogP contribution in [-0.4, -0.2) is 106 Å². The molecule has 2 aliphatic heterocycles. The number of phenolic OH excluding ortho intramolecular Hbond substituents is 2. The van der Waals surface area contributed by atoms with Gasteiger partial charge in [0.25, 0.3) is 0 Å². The number of methoxy groups -OCH3 is 1. The zero-order chi connectivity index (χ0) is 32.4. The minimum Gasteiger partial charge on any atom is -0.507 e. The third-order valence-corrected chi connectivity index (χ3v) is 9.47. The summed E-state index contributed by atoms with van der Waals surface area (Å²) >= 11 is 0. The Kier molecular flexibility index (Phi) is 7.93. The molecule has 2 saturated heterocycles. The Hall–Kier alpha value is -3.90. The third-order valence-electron chi connectivity index (χ3n) is 9.47. The summed E-state index contributed by atoms with van der Waals surface area (Å²) in [7, 11) is 1.34. The average Bonchev–Trinajstić information content (AvgIpc) is 3.02. The van der Waals surface area contributed by atoms with Crippen LogP contribution in [0.15, 0.2) is 18.2 Å². The number of hydrogen-bond donors (Lipinski definition) is 4. The van der Waals surface area contributed by atoms with Gasteiger partial charge in [-0.25, -0.2) is 0 Å². The molecule has 7 atom stereocenters. The van der Waals surface area contributed by atoms with Crippen molar-refractivity contribution >= 4 is 17.3 Å². The Morgan fingerprint density at radius 3 is 2.58 bits per heavy atom. The Bertz CT molecular complexity index is 1630. The second kappa shape index (κ2) is 11.5. The molecular formula is C32H34N2O11. The highest BCUT2D eigenvalue weighted by atomic mass is 16.7. The first-order valence-corrected chi connectivity index (χ1v) is 14.7. The van der Waals surface area contributed by atoms with Crippen molar-refractivity contribution < 1.29 is 53.8 Å². The molecular weight excluding hydrogens is 588 g/mol. The maximum absolute atomic E-state index is 13.8. The summed E-state index contributed by atoms with van der Waals surface area (Å²) in [6, 6.07) is 5.44. The molecule has 13 nitrogen and oxygen atoms in total. The number of rotatable bonds is 5. The van der Waals surface area contributed by atoms with Crippen molar-refractivity contribution in [2.24, 2.45) is 0 Å². The highest BCUT2D eigenvalue weighted by Gasteiger charge is 2.50. The lowest BCUT2D eigenvalue weighted by Gasteiger charge is -2.47. The van der Waals surface area contributed by atoms with Crippen LogP contribution in [0.3, 0.4) is 0 Å². The number of fused-ring (bicyclic) bond motifs is 3. The smallest absolute Gasteiger partial charge is 0.202 e. The maximum atomic E-state index is 13.8. The van der Waals surface area contributed by atoms with E-state index >= 15 is 0 Å². The van der Waals surface area contributed by atoms with E-state index in [2.05, 4.69) is 6.07 Å². The van der Waals surface area contributed by atoms with Gasteiger partial charge in [0, 0.05) is 48.5 Å². The Morgan fingerprint density at radius 2 is 1.89 bits per heavy atom. The second-order valence-corrected chi connectivity index (χ2v) is 12.0. The van der Waals surface area contributed by atoms with Crippen LogP contribution >= 0.6 is 0 Å². The first-order chi connectivity index (χ1) is 21.4. The zero-order valence-corrected chi connectivity index (χ0v) is 25.0. The zero-order valence-electron chi connectivity index (χ0n) is 25.0. The number of nitriles is 1. The molecule has 4 N–H and O–H groups in total. The van der Waals surface area contributed by atoms with Crippen LogP contribution < -0.4 is 4.74 Å². The number of carbonyl (C=O) groups is 3. The van der Waals surface area contributed by atoms with Crippen LogP contribution in [0, 0.1) is 11.3 Å². The molecule has 2 heterocycles. The summed E-state index contributed by atoms with van der Waals surface area (Å²) < 4.78 is 23.1. The second-order valence-electron chi connectivity index (χ2n) is 12.0. The third kappa shape index (κ3) is 4.89. The average molecular weight is 623 g/mol. The number of aromatic hydroxyl groups is 2. The van der Waals surface area contributed by atoms with Crippen LogP contribution in [0.4, 0.5) is 0 Å². The monoisotopic (exact) mass is 622 g/mol. The number of aliphatic hydroxyl groups is 2. The van der Waals surface area contributed by atoms with Crippen molar-refractivity contribution in [3.63, 3.8) is 0 Å². The van der Waals surface area contributed by atoms with Gasteiger partial charge in [0.15, 0.2) is 17.9 Å². The number of hydrogen-bond acceptors (Lipinski definition) is 13. The van der Waals surface area contributed by atoms with Gasteiger partial charge >= 0.3 is 0 Å². The lowest BCUT2D eigenvalue weighted by Crippen LogP contribution is -2.60. The summed E-state index contributed by atoms with van der Waals surface area (Å²) in [4.78, 5) is 42.1. The van der Waals surface area contributed by atoms with E-state index in [1.165, 1.54) is 32.2 Å². The minimum absolute atomic E-state index is 0.0279. The summed E-state index contributed by atoms with van der Waals surface area (Å²) in [6.45, 7) is 3.74. The number of ether oxygens (including phenoxy) is 4. The van der Waals surface area contributed by atoms with Gasteiger partial charge in [-0.3, -0.25) is 19.3 Å². The molecule has 0 radical (unpaired) electrons. The van der Waals surface area contributed by atoms with E-state index in [1.807, 2.05) is 4.90 Å². The SMILES string of the molecule is COc1cccc2c1C(=O)c1c(O)c3c(c(O)c1C2=O)C[C@@](O)(C(C)=O)C[C@@H]3O[C@@H]1C[C@@H](N2CCOC[C@@H]2C#N)[C@@H](O)[C@@H](C)O1. The van der Waals surface area contributed by atoms with Crippen LogP contribution in [-0.2, 0) is 25.4 Å². The molecule has 0 spiro atoms. The van der Waals surface area contributed by atoms with Gasteiger partial charge in [-0.2, -0.15) is 5.26 Å². The molecule has 0 saturated carbocycles. The highest BCUT2D eigenvalue weighted by molar-refractivity contribution is 6.31. The molecule has 2 aromatic carbocycles. The number of aliphatic hydroxyl groups excluding tert-OH is 1. The van der Waals surface area contributed by atoms with Gasteiger partial charge in [0.2, 0.25) is 5.78 Å². The van der Waals surface area contributed by atoms with Crippen LogP contribution in [0.25, 0.3) is 0 Å². The molecule has 2 aromatic rings. The number of carbonyl (C=O) groups excluding carboxylic acids is 3. The summed E-state index contributed by atoms with van der Waals surface area (Å²) in [5.74, 6) is -3.27. The molecule has 0 aromatic heterocycles. The molecule has 13 heteroatoms. The first-order valence-electron chi connectivity index (χ1n) is 14.7. The van der Waals surface area contributed by atoms with Crippen molar-refractivity contribution in [3.05, 3.63) is 51.6 Å². The van der Waals surface area contributed by atoms with Crippen molar-refractivity contribution in [3.8, 4) is 23.3 Å². The molecule has 0 amide bonds. The number of benzene rings is 2. The van der Waals surface area contributed by atoms with Crippen molar-refractivity contribution in [2.75, 3.05) is 26.9 Å². The highest BCUT2D eigenvalue weighted by Crippen LogP contribution is 2.52. The topological polar surface area (TPSA) is 196 Å². The lowest BCUT2D eigenvalue weighted by atomic mass is 9.72. The van der Waals surface area contributed by atoms with Crippen LogP contribution in [0.5, 0.6) is 17.2 Å². The fourth-order valence-electron chi connectivity index (χ4n) is 7.06. The van der Waals surface area contributed by atoms with Gasteiger partial charge in [0.05, 0.1) is 61.4 Å². The van der Waals surface area contributed by atoms with Crippen LogP contribution in [0.2, 0.25) is 0 Å². The molecule has 6 rings (SSSR count). The molecule has 45 heavy (non-hydrogen) atoms. The van der Waals surface area contributed by atoms with Crippen molar-refractivity contribution in [1.82, 2.24) is 4.90 Å². The molecule has 0 bridgehead atoms. The summed E-state index contributed by atoms with van der Waals surface area (Å²) in [6.07, 6.45) is -4.80. The Morgan fingerprint density at radius 1 is 1.16 bits per heavy atom. The first kappa shape index (κ1) is 31.1. The van der Waals surface area contributed by atoms with E-state index in [0.717, 1.165) is 0 Å². The van der Waals surface area contributed by atoms with Gasteiger partial charge < -0.3 is 39.4 Å². The van der Waals surface area contributed by atoms with Gasteiger partial charge in [-0.05, 0) is 19.9 Å². The molecule has 2 aliphatic carbocycles. The molecule has 238 valence electrons. The predicted octanol–water partition coefficient (Wildman–Crippen LogP) is 1.29. The Labute approximate surface area is 258 Å². The van der Waals surface area contributed by atoms with E-state index in [1.54, 1.807) is 6.92 Å². The standard InChI is InChI=1S/C32H34N2O11/c1-14-27(36)19(34-7-8-43-13-16(34)12-33)9-22(44-14)45-21-11-32(41,15(2)35)10-18-24(21)31(40)26-25(29(18)38)28(37)17-5-4-6-20(42-3)23(17)30(26)39/h4-6,14,16,19,21-22,27,36,38,40-41H,7-11,13H2,1-3H3/t14-,16+,19-,21+,22-,27+,32+/m1/s1. The quantitative estimate of drug-likeness (QED) is 0.298. The van der Waals surface area contributed by atoms with E-state index < -0.39 is 88.7 Å². The lowest BCUT2D eigenvalue weighted by molar-refractivity contribution is -0.262. The van der Waals surface area contributed by atoms with Crippen molar-refractivity contribution in [1.29, 1.82) is 5.26 Å².